The fourth-order valence-corrected chi connectivity index (χ4v) is 4.53. The molecule has 1 fully saturated rings. The van der Waals surface area contributed by atoms with E-state index >= 15 is 0 Å². The Bertz CT molecular complexity index is 1150. The van der Waals surface area contributed by atoms with E-state index < -0.39 is 0 Å². The van der Waals surface area contributed by atoms with Gasteiger partial charge in [0.15, 0.2) is 17.3 Å². The molecule has 0 atom stereocenters. The minimum absolute atomic E-state index is 0.0581. The summed E-state index contributed by atoms with van der Waals surface area (Å²) in [5.41, 5.74) is 1.59. The van der Waals surface area contributed by atoms with E-state index in [0.717, 1.165) is 10.9 Å². The third-order valence-electron chi connectivity index (χ3n) is 6.09. The number of carbonyl (C=O) groups excluding carboxylic acids is 2. The van der Waals surface area contributed by atoms with Crippen LogP contribution in [0.5, 0.6) is 11.5 Å². The normalized spacial score (nSPS) is 16.5. The van der Waals surface area contributed by atoms with Crippen LogP contribution in [0.4, 0.5) is 0 Å². The highest BCUT2D eigenvalue weighted by atomic mass is 35.5. The number of amides is 1. The molecule has 160 valence electrons. The Morgan fingerprint density at radius 3 is 2.55 bits per heavy atom. The highest BCUT2D eigenvalue weighted by Crippen LogP contribution is 2.32. The van der Waals surface area contributed by atoms with Crippen LogP contribution >= 0.6 is 11.6 Å². The number of piperidine rings is 1. The van der Waals surface area contributed by atoms with Gasteiger partial charge < -0.3 is 18.9 Å². The van der Waals surface area contributed by atoms with Crippen LogP contribution < -0.4 is 9.47 Å². The van der Waals surface area contributed by atoms with Gasteiger partial charge in [0.25, 0.3) is 0 Å². The van der Waals surface area contributed by atoms with Crippen molar-refractivity contribution in [3.05, 3.63) is 59.2 Å². The van der Waals surface area contributed by atoms with E-state index in [2.05, 4.69) is 0 Å². The average Bonchev–Trinajstić information content (AvgIpc) is 3.20. The summed E-state index contributed by atoms with van der Waals surface area (Å²) in [6.07, 6.45) is 3.24. The van der Waals surface area contributed by atoms with Crippen LogP contribution in [0.1, 0.15) is 23.2 Å². The molecule has 5 rings (SSSR count). The molecule has 2 aliphatic rings. The predicted molar refractivity (Wildman–Crippen MR) is 118 cm³/mol. The second-order valence-electron chi connectivity index (χ2n) is 8.02. The molecular weight excluding hydrogens is 416 g/mol. The molecule has 0 spiro atoms. The zero-order chi connectivity index (χ0) is 21.4. The van der Waals surface area contributed by atoms with E-state index in [0.29, 0.717) is 61.2 Å². The van der Waals surface area contributed by atoms with Crippen molar-refractivity contribution in [1.29, 1.82) is 0 Å². The van der Waals surface area contributed by atoms with Gasteiger partial charge in [-0.05, 0) is 54.6 Å². The van der Waals surface area contributed by atoms with E-state index in [1.807, 2.05) is 39.9 Å². The number of benzene rings is 2. The van der Waals surface area contributed by atoms with Crippen LogP contribution in [0, 0.1) is 5.92 Å². The molecule has 2 aliphatic heterocycles. The van der Waals surface area contributed by atoms with E-state index in [-0.39, 0.29) is 24.2 Å². The Morgan fingerprint density at radius 1 is 0.968 bits per heavy atom. The highest BCUT2D eigenvalue weighted by Gasteiger charge is 2.29. The lowest BCUT2D eigenvalue weighted by molar-refractivity contribution is -0.133. The molecule has 0 aliphatic carbocycles. The van der Waals surface area contributed by atoms with Gasteiger partial charge in [-0.15, -0.1) is 0 Å². The number of aromatic nitrogens is 1. The van der Waals surface area contributed by atoms with Crippen LogP contribution in [0.2, 0.25) is 5.02 Å². The molecule has 1 saturated heterocycles. The second-order valence-corrected chi connectivity index (χ2v) is 8.46. The number of fused-ring (bicyclic) bond motifs is 2. The summed E-state index contributed by atoms with van der Waals surface area (Å²) in [6, 6.07) is 13.0. The number of ketones is 1. The summed E-state index contributed by atoms with van der Waals surface area (Å²) in [5.74, 6) is 1.39. The Morgan fingerprint density at radius 2 is 1.74 bits per heavy atom. The molecule has 1 aromatic heterocycles. The number of ether oxygens (including phenoxy) is 2. The van der Waals surface area contributed by atoms with Crippen molar-refractivity contribution in [2.24, 2.45) is 5.92 Å². The molecule has 0 radical (unpaired) electrons. The lowest BCUT2D eigenvalue weighted by atomic mass is 9.88. The Balaban J connectivity index is 1.21. The topological polar surface area (TPSA) is 60.8 Å². The fourth-order valence-electron chi connectivity index (χ4n) is 4.36. The lowest BCUT2D eigenvalue weighted by Crippen LogP contribution is -2.41. The van der Waals surface area contributed by atoms with Gasteiger partial charge in [0.05, 0.1) is 0 Å². The molecule has 3 aromatic rings. The van der Waals surface area contributed by atoms with Gasteiger partial charge in [-0.3, -0.25) is 9.59 Å². The first-order valence-electron chi connectivity index (χ1n) is 10.5. The summed E-state index contributed by atoms with van der Waals surface area (Å²) in [5, 5.41) is 1.71. The average molecular weight is 439 g/mol. The second kappa shape index (κ2) is 8.27. The van der Waals surface area contributed by atoms with Gasteiger partial charge in [-0.1, -0.05) is 17.7 Å². The Labute approximate surface area is 185 Å². The predicted octanol–water partition coefficient (Wildman–Crippen LogP) is 4.19. The van der Waals surface area contributed by atoms with Crippen molar-refractivity contribution in [3.8, 4) is 11.5 Å². The summed E-state index contributed by atoms with van der Waals surface area (Å²) < 4.78 is 13.1. The van der Waals surface area contributed by atoms with Crippen molar-refractivity contribution in [1.82, 2.24) is 9.47 Å². The van der Waals surface area contributed by atoms with Crippen molar-refractivity contribution in [3.63, 3.8) is 0 Å². The van der Waals surface area contributed by atoms with Crippen LogP contribution in [0.3, 0.4) is 0 Å². The minimum Gasteiger partial charge on any atom is -0.486 e. The number of likely N-dealkylation sites (tertiary alicyclic amines) is 1. The Hall–Kier alpha value is -2.99. The molecule has 1 amide bonds. The lowest BCUT2D eigenvalue weighted by Gasteiger charge is -2.31. The zero-order valence-electron chi connectivity index (χ0n) is 17.1. The molecule has 2 aromatic carbocycles. The van der Waals surface area contributed by atoms with Crippen molar-refractivity contribution in [2.45, 2.75) is 19.4 Å². The summed E-state index contributed by atoms with van der Waals surface area (Å²) in [4.78, 5) is 27.7. The first kappa shape index (κ1) is 19.9. The number of hydrogen-bond acceptors (Lipinski definition) is 4. The molecule has 0 bridgehead atoms. The first-order valence-corrected chi connectivity index (χ1v) is 10.9. The van der Waals surface area contributed by atoms with Gasteiger partial charge in [0, 0.05) is 41.3 Å². The molecule has 0 unspecified atom stereocenters. The van der Waals surface area contributed by atoms with Crippen molar-refractivity contribution < 1.29 is 19.1 Å². The number of halogens is 1. The minimum atomic E-state index is -0.0853. The number of hydrogen-bond donors (Lipinski definition) is 0. The molecule has 7 heteroatoms. The SMILES string of the molecule is O=C(c1ccc2c(c1)OCCO2)C1CCN(C(=O)Cn2ccc3ccc(Cl)cc32)CC1. The van der Waals surface area contributed by atoms with E-state index in [1.54, 1.807) is 18.2 Å². The summed E-state index contributed by atoms with van der Waals surface area (Å²) >= 11 is 6.11. The molecule has 0 saturated carbocycles. The molecule has 0 N–H and O–H groups in total. The largest absolute Gasteiger partial charge is 0.486 e. The monoisotopic (exact) mass is 438 g/mol. The van der Waals surface area contributed by atoms with Gasteiger partial charge in [0.2, 0.25) is 5.91 Å². The third kappa shape index (κ3) is 4.00. The third-order valence-corrected chi connectivity index (χ3v) is 6.32. The maximum atomic E-state index is 13.0. The van der Waals surface area contributed by atoms with E-state index in [1.165, 1.54) is 0 Å². The van der Waals surface area contributed by atoms with Crippen LogP contribution in [0.25, 0.3) is 10.9 Å². The van der Waals surface area contributed by atoms with Crippen LogP contribution in [0.15, 0.2) is 48.7 Å². The highest BCUT2D eigenvalue weighted by molar-refractivity contribution is 6.31. The van der Waals surface area contributed by atoms with Crippen molar-refractivity contribution in [2.75, 3.05) is 26.3 Å². The zero-order valence-corrected chi connectivity index (χ0v) is 17.8. The fraction of sp³-hybridized carbons (Fsp3) is 0.333. The van der Waals surface area contributed by atoms with Gasteiger partial charge in [-0.25, -0.2) is 0 Å². The summed E-state index contributed by atoms with van der Waals surface area (Å²) in [7, 11) is 0. The molecule has 6 nitrogen and oxygen atoms in total. The molecule has 31 heavy (non-hydrogen) atoms. The number of Topliss-reactive ketones (excluding diaryl/α,β-unsaturated/α-hetero) is 1. The van der Waals surface area contributed by atoms with Gasteiger partial charge >= 0.3 is 0 Å². The number of carbonyl (C=O) groups is 2. The maximum absolute atomic E-state index is 13.0. The van der Waals surface area contributed by atoms with E-state index in [4.69, 9.17) is 21.1 Å². The van der Waals surface area contributed by atoms with Crippen LogP contribution in [-0.2, 0) is 11.3 Å². The maximum Gasteiger partial charge on any atom is 0.242 e. The van der Waals surface area contributed by atoms with Crippen LogP contribution in [-0.4, -0.2) is 47.5 Å². The first-order chi connectivity index (χ1) is 15.1. The van der Waals surface area contributed by atoms with Gasteiger partial charge in [0.1, 0.15) is 19.8 Å². The number of nitrogens with zero attached hydrogens (tertiary/aromatic N) is 2. The standard InChI is InChI=1S/C24H23ClN2O4/c25-19-3-1-16-5-10-27(20(16)14-19)15-23(28)26-8-6-17(7-9-26)24(29)18-2-4-21-22(13-18)31-12-11-30-21/h1-5,10,13-14,17H,6-9,11-12,15H2. The number of rotatable bonds is 4. The van der Waals surface area contributed by atoms with E-state index in [9.17, 15) is 9.59 Å². The summed E-state index contributed by atoms with van der Waals surface area (Å²) in [6.45, 7) is 2.46. The van der Waals surface area contributed by atoms with Gasteiger partial charge in [-0.2, -0.15) is 0 Å². The molecule has 3 heterocycles. The smallest absolute Gasteiger partial charge is 0.242 e. The van der Waals surface area contributed by atoms with Crippen molar-refractivity contribution >= 4 is 34.2 Å². The quantitative estimate of drug-likeness (QED) is 0.573. The molecular formula is C24H23ClN2O4. The Kier molecular flexibility index (Phi) is 5.32.